The zero-order chi connectivity index (χ0) is 12.1. The highest BCUT2D eigenvalue weighted by molar-refractivity contribution is 7.98. The minimum Gasteiger partial charge on any atom is -0.294 e. The molecular weight excluding hydrogens is 233 g/mol. The first-order valence-corrected chi connectivity index (χ1v) is 5.91. The predicted octanol–water partition coefficient (Wildman–Crippen LogP) is 2.67. The molecule has 1 rings (SSSR count). The Balaban J connectivity index is 2.95. The largest absolute Gasteiger partial charge is 0.294 e. The van der Waals surface area contributed by atoms with Crippen molar-refractivity contribution in [3.63, 3.8) is 0 Å². The minimum atomic E-state index is -0.762. The van der Waals surface area contributed by atoms with Crippen LogP contribution in [0.15, 0.2) is 18.2 Å². The van der Waals surface area contributed by atoms with Crippen LogP contribution in [0.4, 0.5) is 10.1 Å². The first-order chi connectivity index (χ1) is 7.54. The van der Waals surface area contributed by atoms with Gasteiger partial charge in [0.2, 0.25) is 0 Å². The van der Waals surface area contributed by atoms with E-state index in [0.29, 0.717) is 5.75 Å². The molecule has 0 saturated carbocycles. The molecule has 6 heteroatoms. The second-order valence-corrected chi connectivity index (χ2v) is 4.11. The van der Waals surface area contributed by atoms with Crippen LogP contribution in [0.2, 0.25) is 0 Å². The Morgan fingerprint density at radius 1 is 1.50 bits per heavy atom. The number of carbonyl (C=O) groups excluding carboxylic acids is 1. The smallest absolute Gasteiger partial charge is 0.273 e. The molecule has 0 aliphatic carbocycles. The van der Waals surface area contributed by atoms with Gasteiger partial charge in [-0.3, -0.25) is 14.9 Å². The van der Waals surface area contributed by atoms with Crippen molar-refractivity contribution in [1.29, 1.82) is 0 Å². The summed E-state index contributed by atoms with van der Waals surface area (Å²) in [7, 11) is 0. The maximum atomic E-state index is 13.0. The highest BCUT2D eigenvalue weighted by atomic mass is 32.2. The number of ketones is 1. The number of benzene rings is 1. The normalized spacial score (nSPS) is 10.1. The van der Waals surface area contributed by atoms with Crippen molar-refractivity contribution >= 4 is 23.2 Å². The summed E-state index contributed by atoms with van der Waals surface area (Å²) in [6, 6.07) is 2.92. The molecule has 0 spiro atoms. The summed E-state index contributed by atoms with van der Waals surface area (Å²) in [6.07, 6.45) is 2.10. The van der Waals surface area contributed by atoms with E-state index in [4.69, 9.17) is 0 Å². The number of halogens is 1. The average molecular weight is 243 g/mol. The Kier molecular flexibility index (Phi) is 4.42. The molecule has 0 aliphatic rings. The number of hydrogen-bond acceptors (Lipinski definition) is 4. The molecule has 0 amide bonds. The molecule has 1 aromatic carbocycles. The number of nitro benzene ring substituents is 1. The van der Waals surface area contributed by atoms with Gasteiger partial charge in [0.05, 0.1) is 11.0 Å². The number of nitro groups is 1. The maximum Gasteiger partial charge on any atom is 0.273 e. The molecule has 0 radical (unpaired) electrons. The van der Waals surface area contributed by atoms with E-state index in [0.717, 1.165) is 18.2 Å². The molecule has 1 aromatic rings. The fourth-order valence-corrected chi connectivity index (χ4v) is 1.57. The molecule has 0 unspecified atom stereocenters. The van der Waals surface area contributed by atoms with Gasteiger partial charge < -0.3 is 0 Å². The van der Waals surface area contributed by atoms with Crippen molar-refractivity contribution in [3.05, 3.63) is 39.7 Å². The van der Waals surface area contributed by atoms with Crippen LogP contribution in [0.1, 0.15) is 16.8 Å². The second-order valence-electron chi connectivity index (χ2n) is 3.12. The monoisotopic (exact) mass is 243 g/mol. The average Bonchev–Trinajstić information content (AvgIpc) is 2.24. The molecule has 16 heavy (non-hydrogen) atoms. The SMILES string of the molecule is CSCCC(=O)c1cc(F)cc([N+](=O)[O-])c1. The molecular formula is C10H10FNO3S. The predicted molar refractivity (Wildman–Crippen MR) is 60.4 cm³/mol. The zero-order valence-electron chi connectivity index (χ0n) is 8.60. The molecule has 0 aliphatic heterocycles. The zero-order valence-corrected chi connectivity index (χ0v) is 9.42. The van der Waals surface area contributed by atoms with Crippen LogP contribution in [-0.4, -0.2) is 22.7 Å². The van der Waals surface area contributed by atoms with Crippen LogP contribution < -0.4 is 0 Å². The number of thioether (sulfide) groups is 1. The Morgan fingerprint density at radius 3 is 2.75 bits per heavy atom. The number of Topliss-reactive ketones (excluding diaryl/α,β-unsaturated/α-hetero) is 1. The van der Waals surface area contributed by atoms with E-state index in [1.165, 1.54) is 11.8 Å². The van der Waals surface area contributed by atoms with Crippen molar-refractivity contribution in [2.24, 2.45) is 0 Å². The third kappa shape index (κ3) is 3.30. The van der Waals surface area contributed by atoms with E-state index in [1.54, 1.807) is 0 Å². The van der Waals surface area contributed by atoms with Crippen LogP contribution in [0.25, 0.3) is 0 Å². The second kappa shape index (κ2) is 5.60. The van der Waals surface area contributed by atoms with Crippen molar-refractivity contribution in [2.75, 3.05) is 12.0 Å². The van der Waals surface area contributed by atoms with Crippen molar-refractivity contribution in [2.45, 2.75) is 6.42 Å². The molecule has 0 atom stereocenters. The minimum absolute atomic E-state index is 0.0563. The van der Waals surface area contributed by atoms with Gasteiger partial charge in [-0.2, -0.15) is 11.8 Å². The maximum absolute atomic E-state index is 13.0. The Hall–Kier alpha value is -1.43. The van der Waals surface area contributed by atoms with E-state index in [1.807, 2.05) is 6.26 Å². The van der Waals surface area contributed by atoms with E-state index in [9.17, 15) is 19.3 Å². The number of nitrogens with zero attached hydrogens (tertiary/aromatic N) is 1. The topological polar surface area (TPSA) is 60.2 Å². The third-order valence-electron chi connectivity index (χ3n) is 1.95. The molecule has 0 saturated heterocycles. The summed E-state index contributed by atoms with van der Waals surface area (Å²) in [6.45, 7) is 0. The van der Waals surface area contributed by atoms with Gasteiger partial charge in [-0.15, -0.1) is 0 Å². The summed E-state index contributed by atoms with van der Waals surface area (Å²) >= 11 is 1.49. The van der Waals surface area contributed by atoms with Gasteiger partial charge in [-0.25, -0.2) is 4.39 Å². The number of non-ortho nitro benzene ring substituents is 1. The van der Waals surface area contributed by atoms with E-state index in [2.05, 4.69) is 0 Å². The van der Waals surface area contributed by atoms with E-state index < -0.39 is 16.4 Å². The van der Waals surface area contributed by atoms with Crippen molar-refractivity contribution in [1.82, 2.24) is 0 Å². The summed E-state index contributed by atoms with van der Waals surface area (Å²) in [5.41, 5.74) is -0.340. The lowest BCUT2D eigenvalue weighted by atomic mass is 10.1. The number of carbonyl (C=O) groups is 1. The van der Waals surface area contributed by atoms with Gasteiger partial charge in [0.1, 0.15) is 5.82 Å². The van der Waals surface area contributed by atoms with Crippen LogP contribution in [-0.2, 0) is 0 Å². The molecule has 0 fully saturated rings. The summed E-state index contributed by atoms with van der Waals surface area (Å²) in [5, 5.41) is 10.5. The standard InChI is InChI=1S/C10H10FNO3S/c1-16-3-2-10(13)7-4-8(11)6-9(5-7)12(14)15/h4-6H,2-3H2,1H3. The summed E-state index contributed by atoms with van der Waals surface area (Å²) in [5.74, 6) is -0.429. The van der Waals surface area contributed by atoms with Gasteiger partial charge in [0.25, 0.3) is 5.69 Å². The highest BCUT2D eigenvalue weighted by Gasteiger charge is 2.14. The van der Waals surface area contributed by atoms with Gasteiger partial charge >= 0.3 is 0 Å². The summed E-state index contributed by atoms with van der Waals surface area (Å²) < 4.78 is 13.0. The van der Waals surface area contributed by atoms with Crippen molar-refractivity contribution < 1.29 is 14.1 Å². The van der Waals surface area contributed by atoms with Gasteiger partial charge in [-0.1, -0.05) is 0 Å². The fourth-order valence-electron chi connectivity index (χ4n) is 1.18. The van der Waals surface area contributed by atoms with Gasteiger partial charge in [-0.05, 0) is 12.3 Å². The van der Waals surface area contributed by atoms with Gasteiger partial charge in [0, 0.05) is 23.8 Å². The lowest BCUT2D eigenvalue weighted by molar-refractivity contribution is -0.385. The first-order valence-electron chi connectivity index (χ1n) is 4.51. The summed E-state index contributed by atoms with van der Waals surface area (Å²) in [4.78, 5) is 21.3. The Bertz CT molecular complexity index is 423. The Morgan fingerprint density at radius 2 is 2.19 bits per heavy atom. The lowest BCUT2D eigenvalue weighted by Gasteiger charge is -2.00. The van der Waals surface area contributed by atoms with Crippen molar-refractivity contribution in [3.8, 4) is 0 Å². The van der Waals surface area contributed by atoms with E-state index in [-0.39, 0.29) is 17.8 Å². The molecule has 4 nitrogen and oxygen atoms in total. The molecule has 0 heterocycles. The quantitative estimate of drug-likeness (QED) is 0.453. The van der Waals surface area contributed by atoms with Crippen LogP contribution in [0, 0.1) is 15.9 Å². The number of hydrogen-bond donors (Lipinski definition) is 0. The molecule has 0 bridgehead atoms. The van der Waals surface area contributed by atoms with Crippen LogP contribution >= 0.6 is 11.8 Å². The molecule has 0 aromatic heterocycles. The highest BCUT2D eigenvalue weighted by Crippen LogP contribution is 2.17. The molecule has 0 N–H and O–H groups in total. The lowest BCUT2D eigenvalue weighted by Crippen LogP contribution is -2.02. The van der Waals surface area contributed by atoms with Gasteiger partial charge in [0.15, 0.2) is 5.78 Å². The first kappa shape index (κ1) is 12.6. The Labute approximate surface area is 96.0 Å². The van der Waals surface area contributed by atoms with E-state index >= 15 is 0 Å². The third-order valence-corrected chi connectivity index (χ3v) is 2.56. The van der Waals surface area contributed by atoms with Crippen LogP contribution in [0.3, 0.4) is 0 Å². The molecule has 86 valence electrons. The number of rotatable bonds is 5. The fraction of sp³-hybridized carbons (Fsp3) is 0.300. The van der Waals surface area contributed by atoms with Crippen LogP contribution in [0.5, 0.6) is 0 Å².